The molecule has 2 N–H and O–H groups in total. The van der Waals surface area contributed by atoms with Crippen molar-refractivity contribution in [3.05, 3.63) is 90.1 Å². The molecule has 0 spiro atoms. The number of carbonyl (C=O) groups is 1. The van der Waals surface area contributed by atoms with E-state index in [1.807, 2.05) is 0 Å². The molecule has 2 aromatic carbocycles. The Hall–Kier alpha value is -3.89. The summed E-state index contributed by atoms with van der Waals surface area (Å²) in [6.07, 6.45) is 6.48. The third-order valence-corrected chi connectivity index (χ3v) is 6.46. The van der Waals surface area contributed by atoms with Crippen LogP contribution in [0.25, 0.3) is 5.82 Å². The van der Waals surface area contributed by atoms with Crippen molar-refractivity contribution in [3.63, 3.8) is 0 Å². The van der Waals surface area contributed by atoms with Crippen LogP contribution in [0, 0.1) is 0 Å². The standard InChI is InChI=1S/C22H18ClN5O4S/c1-32-18-6-3-16(4-7-18)27-33(30,31)20-12-15(2-8-19(20)23)22(29)26-17-5-9-21(25-13-17)28-11-10-24-14-28/h2-14,27H,1H3,(H,26,29). The van der Waals surface area contributed by atoms with Crippen LogP contribution < -0.4 is 14.8 Å². The molecule has 0 bridgehead atoms. The zero-order chi connectivity index (χ0) is 23.4. The highest BCUT2D eigenvalue weighted by molar-refractivity contribution is 7.92. The molecule has 0 unspecified atom stereocenters. The second-order valence-corrected chi connectivity index (χ2v) is 8.87. The van der Waals surface area contributed by atoms with Gasteiger partial charge in [0.05, 0.1) is 24.0 Å². The largest absolute Gasteiger partial charge is 0.497 e. The van der Waals surface area contributed by atoms with E-state index in [4.69, 9.17) is 16.3 Å². The zero-order valence-electron chi connectivity index (χ0n) is 17.3. The summed E-state index contributed by atoms with van der Waals surface area (Å²) in [5, 5.41) is 2.68. The zero-order valence-corrected chi connectivity index (χ0v) is 18.8. The predicted molar refractivity (Wildman–Crippen MR) is 125 cm³/mol. The second kappa shape index (κ2) is 9.31. The molecule has 0 fully saturated rings. The highest BCUT2D eigenvalue weighted by Crippen LogP contribution is 2.26. The number of pyridine rings is 1. The molecule has 4 aromatic rings. The minimum atomic E-state index is -4.05. The molecule has 0 aliphatic rings. The normalized spacial score (nSPS) is 11.1. The van der Waals surface area contributed by atoms with E-state index in [-0.39, 0.29) is 15.5 Å². The van der Waals surface area contributed by atoms with Crippen molar-refractivity contribution >= 4 is 38.9 Å². The van der Waals surface area contributed by atoms with Gasteiger partial charge in [-0.25, -0.2) is 18.4 Å². The van der Waals surface area contributed by atoms with Crippen LogP contribution in [0.3, 0.4) is 0 Å². The van der Waals surface area contributed by atoms with Gasteiger partial charge in [0.15, 0.2) is 0 Å². The van der Waals surface area contributed by atoms with Gasteiger partial charge >= 0.3 is 0 Å². The van der Waals surface area contributed by atoms with Crippen LogP contribution >= 0.6 is 11.6 Å². The van der Waals surface area contributed by atoms with Crippen molar-refractivity contribution in [1.82, 2.24) is 14.5 Å². The Balaban J connectivity index is 1.52. The molecule has 2 aromatic heterocycles. The van der Waals surface area contributed by atoms with Crippen molar-refractivity contribution in [2.45, 2.75) is 4.90 Å². The molecule has 1 amide bonds. The van der Waals surface area contributed by atoms with Crippen molar-refractivity contribution < 1.29 is 17.9 Å². The van der Waals surface area contributed by atoms with Gasteiger partial charge in [-0.2, -0.15) is 0 Å². The number of imidazole rings is 1. The monoisotopic (exact) mass is 483 g/mol. The Morgan fingerprint density at radius 2 is 1.82 bits per heavy atom. The van der Waals surface area contributed by atoms with E-state index in [2.05, 4.69) is 20.0 Å². The fourth-order valence-electron chi connectivity index (χ4n) is 2.93. The SMILES string of the molecule is COc1ccc(NS(=O)(=O)c2cc(C(=O)Nc3ccc(-n4ccnc4)nc3)ccc2Cl)cc1. The first-order valence-corrected chi connectivity index (χ1v) is 11.4. The average molecular weight is 484 g/mol. The number of aromatic nitrogens is 3. The van der Waals surface area contributed by atoms with Gasteiger partial charge in [0.1, 0.15) is 22.8 Å². The topological polar surface area (TPSA) is 115 Å². The summed E-state index contributed by atoms with van der Waals surface area (Å²) in [5.74, 6) is 0.710. The summed E-state index contributed by atoms with van der Waals surface area (Å²) in [6.45, 7) is 0. The molecular formula is C22H18ClN5O4S. The summed E-state index contributed by atoms with van der Waals surface area (Å²) in [7, 11) is -2.53. The van der Waals surface area contributed by atoms with Gasteiger partial charge in [0.2, 0.25) is 0 Å². The van der Waals surface area contributed by atoms with E-state index < -0.39 is 15.9 Å². The van der Waals surface area contributed by atoms with Crippen LogP contribution in [0.4, 0.5) is 11.4 Å². The Labute approximate surface area is 195 Å². The molecule has 9 nitrogen and oxygen atoms in total. The third kappa shape index (κ3) is 5.13. The number of ether oxygens (including phenoxy) is 1. The van der Waals surface area contributed by atoms with Crippen molar-refractivity contribution in [1.29, 1.82) is 0 Å². The number of methoxy groups -OCH3 is 1. The number of rotatable bonds is 7. The minimum absolute atomic E-state index is 0.0149. The number of hydrogen-bond acceptors (Lipinski definition) is 6. The predicted octanol–water partition coefficient (Wildman–Crippen LogP) is 3.98. The number of amides is 1. The molecule has 0 atom stereocenters. The Bertz CT molecular complexity index is 1370. The lowest BCUT2D eigenvalue weighted by atomic mass is 10.2. The third-order valence-electron chi connectivity index (χ3n) is 4.60. The first-order chi connectivity index (χ1) is 15.9. The van der Waals surface area contributed by atoms with Crippen LogP contribution in [-0.4, -0.2) is 36.0 Å². The molecule has 4 rings (SSSR count). The fraction of sp³-hybridized carbons (Fsp3) is 0.0455. The lowest BCUT2D eigenvalue weighted by molar-refractivity contribution is 0.102. The second-order valence-electron chi connectivity index (χ2n) is 6.81. The van der Waals surface area contributed by atoms with Crippen molar-refractivity contribution in [2.75, 3.05) is 17.1 Å². The summed E-state index contributed by atoms with van der Waals surface area (Å²) >= 11 is 6.14. The first kappa shape index (κ1) is 22.3. The number of anilines is 2. The number of hydrogen-bond donors (Lipinski definition) is 2. The summed E-state index contributed by atoms with van der Waals surface area (Å²) < 4.78 is 35.0. The number of sulfonamides is 1. The summed E-state index contributed by atoms with van der Waals surface area (Å²) in [6, 6.07) is 13.8. The van der Waals surface area contributed by atoms with Crippen molar-refractivity contribution in [3.8, 4) is 11.6 Å². The number of carbonyl (C=O) groups excluding carboxylic acids is 1. The number of nitrogens with zero attached hydrogens (tertiary/aromatic N) is 3. The van der Waals surface area contributed by atoms with Crippen LogP contribution in [0.2, 0.25) is 5.02 Å². The molecule has 0 saturated heterocycles. The van der Waals surface area contributed by atoms with E-state index in [9.17, 15) is 13.2 Å². The van der Waals surface area contributed by atoms with Gasteiger partial charge in [-0.05, 0) is 54.6 Å². The first-order valence-electron chi connectivity index (χ1n) is 9.58. The van der Waals surface area contributed by atoms with Gasteiger partial charge in [0, 0.05) is 23.6 Å². The van der Waals surface area contributed by atoms with Gasteiger partial charge in [-0.1, -0.05) is 11.6 Å². The van der Waals surface area contributed by atoms with Crippen LogP contribution in [0.15, 0.2) is 84.4 Å². The lowest BCUT2D eigenvalue weighted by Gasteiger charge is -2.12. The highest BCUT2D eigenvalue weighted by atomic mass is 35.5. The maximum atomic E-state index is 12.9. The molecule has 2 heterocycles. The number of nitrogens with one attached hydrogen (secondary N) is 2. The summed E-state index contributed by atoms with van der Waals surface area (Å²) in [4.78, 5) is 20.7. The van der Waals surface area contributed by atoms with E-state index in [0.29, 0.717) is 22.9 Å². The highest BCUT2D eigenvalue weighted by Gasteiger charge is 2.21. The van der Waals surface area contributed by atoms with Crippen LogP contribution in [-0.2, 0) is 10.0 Å². The maximum absolute atomic E-state index is 12.9. The maximum Gasteiger partial charge on any atom is 0.263 e. The Kier molecular flexibility index (Phi) is 6.29. The quantitative estimate of drug-likeness (QED) is 0.411. The van der Waals surface area contributed by atoms with E-state index in [1.165, 1.54) is 31.5 Å². The molecular weight excluding hydrogens is 466 g/mol. The smallest absolute Gasteiger partial charge is 0.263 e. The Morgan fingerprint density at radius 1 is 1.06 bits per heavy atom. The lowest BCUT2D eigenvalue weighted by Crippen LogP contribution is -2.16. The molecule has 0 aliphatic carbocycles. The van der Waals surface area contributed by atoms with Gasteiger partial charge in [0.25, 0.3) is 15.9 Å². The Morgan fingerprint density at radius 3 is 2.45 bits per heavy atom. The fourth-order valence-corrected chi connectivity index (χ4v) is 4.52. The molecule has 33 heavy (non-hydrogen) atoms. The van der Waals surface area contributed by atoms with Gasteiger partial charge < -0.3 is 10.1 Å². The number of halogens is 1. The molecule has 168 valence electrons. The number of benzene rings is 2. The molecule has 0 saturated carbocycles. The van der Waals surface area contributed by atoms with E-state index in [1.54, 1.807) is 59.7 Å². The molecule has 0 radical (unpaired) electrons. The van der Waals surface area contributed by atoms with Crippen LogP contribution in [0.5, 0.6) is 5.75 Å². The minimum Gasteiger partial charge on any atom is -0.497 e. The van der Waals surface area contributed by atoms with E-state index >= 15 is 0 Å². The average Bonchev–Trinajstić information content (AvgIpc) is 3.35. The molecule has 0 aliphatic heterocycles. The van der Waals surface area contributed by atoms with Crippen LogP contribution in [0.1, 0.15) is 10.4 Å². The van der Waals surface area contributed by atoms with Gasteiger partial charge in [-0.15, -0.1) is 0 Å². The van der Waals surface area contributed by atoms with Gasteiger partial charge in [-0.3, -0.25) is 14.1 Å². The molecule has 11 heteroatoms. The van der Waals surface area contributed by atoms with E-state index in [0.717, 1.165) is 0 Å². The summed E-state index contributed by atoms with van der Waals surface area (Å²) in [5.41, 5.74) is 0.888. The van der Waals surface area contributed by atoms with Crippen molar-refractivity contribution in [2.24, 2.45) is 0 Å².